The zero-order valence-electron chi connectivity index (χ0n) is 22.0. The van der Waals surface area contributed by atoms with Crippen molar-refractivity contribution in [1.82, 2.24) is 0 Å². The SMILES string of the molecule is CC.CC.CCC1(C)CCC(C)c2cc(COc3ccc(C(CC(=O)O)PC)cc3)ccc21. The first-order valence-corrected chi connectivity index (χ1v) is 14.2. The van der Waals surface area contributed by atoms with Crippen molar-refractivity contribution < 1.29 is 14.6 Å². The number of fused-ring (bicyclic) bond motifs is 1. The number of aliphatic carboxylic acids is 1. The molecule has 3 nitrogen and oxygen atoms in total. The van der Waals surface area contributed by atoms with Gasteiger partial charge in [-0.25, -0.2) is 0 Å². The van der Waals surface area contributed by atoms with Crippen LogP contribution in [-0.2, 0) is 16.8 Å². The van der Waals surface area contributed by atoms with E-state index < -0.39 is 5.97 Å². The summed E-state index contributed by atoms with van der Waals surface area (Å²) in [5.74, 6) is 0.682. The Morgan fingerprint density at radius 1 is 1.15 bits per heavy atom. The van der Waals surface area contributed by atoms with Gasteiger partial charge in [0, 0.05) is 5.66 Å². The monoisotopic (exact) mass is 472 g/mol. The molecule has 3 rings (SSSR count). The van der Waals surface area contributed by atoms with Crippen molar-refractivity contribution in [2.75, 3.05) is 6.66 Å². The Kier molecular flexibility index (Phi) is 12.7. The van der Waals surface area contributed by atoms with Gasteiger partial charge in [-0.15, -0.1) is 8.58 Å². The van der Waals surface area contributed by atoms with Crippen LogP contribution in [0.25, 0.3) is 0 Å². The molecular formula is C29H45O3P. The summed E-state index contributed by atoms with van der Waals surface area (Å²) in [6.45, 7) is 17.6. The van der Waals surface area contributed by atoms with E-state index >= 15 is 0 Å². The number of hydrogen-bond acceptors (Lipinski definition) is 2. The van der Waals surface area contributed by atoms with Gasteiger partial charge in [0.25, 0.3) is 0 Å². The molecule has 184 valence electrons. The Hall–Kier alpha value is -1.86. The van der Waals surface area contributed by atoms with Crippen molar-refractivity contribution in [1.29, 1.82) is 0 Å². The van der Waals surface area contributed by atoms with Crippen LogP contribution in [0.2, 0.25) is 0 Å². The highest BCUT2D eigenvalue weighted by Gasteiger charge is 2.33. The molecule has 0 bridgehead atoms. The Labute approximate surface area is 204 Å². The largest absolute Gasteiger partial charge is 0.489 e. The second kappa shape index (κ2) is 14.4. The third-order valence-corrected chi connectivity index (χ3v) is 7.86. The van der Waals surface area contributed by atoms with E-state index in [9.17, 15) is 4.79 Å². The van der Waals surface area contributed by atoms with Crippen LogP contribution in [0, 0.1) is 0 Å². The second-order valence-electron chi connectivity index (χ2n) is 8.57. The highest BCUT2D eigenvalue weighted by atomic mass is 31.1. The summed E-state index contributed by atoms with van der Waals surface area (Å²) in [5.41, 5.74) is 5.65. The molecule has 0 radical (unpaired) electrons. The molecule has 0 aliphatic heterocycles. The first-order chi connectivity index (χ1) is 15.9. The zero-order chi connectivity index (χ0) is 25.0. The van der Waals surface area contributed by atoms with Crippen molar-refractivity contribution in [3.8, 4) is 5.75 Å². The summed E-state index contributed by atoms with van der Waals surface area (Å²) in [6.07, 6.45) is 3.87. The first-order valence-electron chi connectivity index (χ1n) is 12.6. The number of carbonyl (C=O) groups is 1. The molecule has 0 saturated heterocycles. The maximum atomic E-state index is 11.0. The smallest absolute Gasteiger partial charge is 0.304 e. The maximum absolute atomic E-state index is 11.0. The van der Waals surface area contributed by atoms with Gasteiger partial charge in [-0.2, -0.15) is 0 Å². The number of ether oxygens (including phenoxy) is 1. The lowest BCUT2D eigenvalue weighted by atomic mass is 9.66. The van der Waals surface area contributed by atoms with Crippen LogP contribution in [0.5, 0.6) is 5.75 Å². The van der Waals surface area contributed by atoms with Gasteiger partial charge in [0.05, 0.1) is 6.42 Å². The molecule has 0 amide bonds. The molecule has 1 N–H and O–H groups in total. The van der Waals surface area contributed by atoms with E-state index in [0.29, 0.717) is 26.5 Å². The molecule has 1 aliphatic rings. The summed E-state index contributed by atoms with van der Waals surface area (Å²) in [6, 6.07) is 14.8. The fourth-order valence-electron chi connectivity index (χ4n) is 4.38. The van der Waals surface area contributed by atoms with Gasteiger partial charge >= 0.3 is 5.97 Å². The van der Waals surface area contributed by atoms with Gasteiger partial charge < -0.3 is 9.84 Å². The molecule has 0 spiro atoms. The second-order valence-corrected chi connectivity index (χ2v) is 9.85. The van der Waals surface area contributed by atoms with Crippen molar-refractivity contribution in [3.63, 3.8) is 0 Å². The molecule has 1 aliphatic carbocycles. The molecule has 4 atom stereocenters. The standard InChI is InChI=1S/C25H33O3P.2C2H6/c1-5-25(3)13-12-17(2)21-14-18(6-11-22(21)25)16-28-20-9-7-19(8-10-20)23(29-4)15-24(26)27;2*1-2/h6-11,14,17,23,29H,5,12-13,15-16H2,1-4H3,(H,26,27);2*1-2H3. The van der Waals surface area contributed by atoms with Gasteiger partial charge in [-0.1, -0.05) is 78.8 Å². The number of rotatable bonds is 8. The number of benzene rings is 2. The molecule has 33 heavy (non-hydrogen) atoms. The van der Waals surface area contributed by atoms with Gasteiger partial charge in [0.1, 0.15) is 12.4 Å². The summed E-state index contributed by atoms with van der Waals surface area (Å²) < 4.78 is 6.03. The highest BCUT2D eigenvalue weighted by Crippen LogP contribution is 2.44. The topological polar surface area (TPSA) is 46.5 Å². The van der Waals surface area contributed by atoms with Crippen LogP contribution < -0.4 is 4.74 Å². The minimum Gasteiger partial charge on any atom is -0.489 e. The van der Waals surface area contributed by atoms with Gasteiger partial charge in [-0.3, -0.25) is 4.79 Å². The van der Waals surface area contributed by atoms with Crippen LogP contribution in [0.3, 0.4) is 0 Å². The normalized spacial score (nSPS) is 20.1. The van der Waals surface area contributed by atoms with E-state index in [4.69, 9.17) is 9.84 Å². The van der Waals surface area contributed by atoms with Crippen LogP contribution in [0.1, 0.15) is 108 Å². The fraction of sp³-hybridized carbons (Fsp3) is 0.552. The van der Waals surface area contributed by atoms with Crippen LogP contribution in [0.4, 0.5) is 0 Å². The van der Waals surface area contributed by atoms with Crippen molar-refractivity contribution in [3.05, 3.63) is 64.7 Å². The molecular weight excluding hydrogens is 427 g/mol. The number of carboxylic acid groups (broad SMARTS) is 1. The lowest BCUT2D eigenvalue weighted by molar-refractivity contribution is -0.137. The minimum atomic E-state index is -0.745. The minimum absolute atomic E-state index is 0.0801. The molecule has 0 fully saturated rings. The van der Waals surface area contributed by atoms with E-state index in [1.807, 2.05) is 52.0 Å². The molecule has 0 heterocycles. The Morgan fingerprint density at radius 2 is 1.79 bits per heavy atom. The lowest BCUT2D eigenvalue weighted by Gasteiger charge is -2.38. The molecule has 0 saturated carbocycles. The van der Waals surface area contributed by atoms with Gasteiger partial charge in [0.15, 0.2) is 0 Å². The summed E-state index contributed by atoms with van der Waals surface area (Å²) in [4.78, 5) is 11.0. The van der Waals surface area contributed by atoms with Crippen molar-refractivity contribution >= 4 is 14.6 Å². The van der Waals surface area contributed by atoms with E-state index in [1.165, 1.54) is 36.0 Å². The third kappa shape index (κ3) is 7.85. The average molecular weight is 473 g/mol. The Morgan fingerprint density at radius 3 is 2.33 bits per heavy atom. The molecule has 0 aromatic heterocycles. The highest BCUT2D eigenvalue weighted by molar-refractivity contribution is 7.37. The molecule has 2 aromatic rings. The van der Waals surface area contributed by atoms with E-state index in [-0.39, 0.29) is 12.1 Å². The first kappa shape index (κ1) is 29.2. The Bertz CT molecular complexity index is 846. The third-order valence-electron chi connectivity index (χ3n) is 6.62. The van der Waals surface area contributed by atoms with Crippen molar-refractivity contribution in [2.24, 2.45) is 0 Å². The van der Waals surface area contributed by atoms with Gasteiger partial charge in [0.2, 0.25) is 0 Å². The van der Waals surface area contributed by atoms with E-state index in [1.54, 1.807) is 0 Å². The number of carboxylic acids is 1. The van der Waals surface area contributed by atoms with E-state index in [2.05, 4.69) is 45.6 Å². The fourth-order valence-corrected chi connectivity index (χ4v) is 5.28. The lowest BCUT2D eigenvalue weighted by Crippen LogP contribution is -2.28. The average Bonchev–Trinajstić information content (AvgIpc) is 2.86. The van der Waals surface area contributed by atoms with E-state index in [0.717, 1.165) is 11.3 Å². The van der Waals surface area contributed by atoms with Crippen molar-refractivity contribution in [2.45, 2.75) is 97.7 Å². The predicted molar refractivity (Wildman–Crippen MR) is 144 cm³/mol. The Balaban J connectivity index is 0.00000129. The molecule has 4 heteroatoms. The zero-order valence-corrected chi connectivity index (χ0v) is 23.0. The predicted octanol–water partition coefficient (Wildman–Crippen LogP) is 8.71. The maximum Gasteiger partial charge on any atom is 0.304 e. The number of hydrogen-bond donors (Lipinski definition) is 1. The summed E-state index contributed by atoms with van der Waals surface area (Å²) in [7, 11) is 0.568. The summed E-state index contributed by atoms with van der Waals surface area (Å²) >= 11 is 0. The quantitative estimate of drug-likeness (QED) is 0.391. The molecule has 2 aromatic carbocycles. The van der Waals surface area contributed by atoms with Gasteiger partial charge in [-0.05, 0) is 71.6 Å². The molecule has 4 unspecified atom stereocenters. The van der Waals surface area contributed by atoms with Crippen LogP contribution >= 0.6 is 8.58 Å². The van der Waals surface area contributed by atoms with Crippen LogP contribution in [0.15, 0.2) is 42.5 Å². The van der Waals surface area contributed by atoms with Crippen LogP contribution in [-0.4, -0.2) is 17.7 Å². The summed E-state index contributed by atoms with van der Waals surface area (Å²) in [5, 5.41) is 9.07.